The summed E-state index contributed by atoms with van der Waals surface area (Å²) < 4.78 is 5.67. The quantitative estimate of drug-likeness (QED) is 0.870. The third-order valence-corrected chi connectivity index (χ3v) is 3.79. The lowest BCUT2D eigenvalue weighted by Crippen LogP contribution is -2.38. The number of oxazole rings is 1. The van der Waals surface area contributed by atoms with E-state index in [0.717, 1.165) is 49.4 Å². The Labute approximate surface area is 110 Å². The third-order valence-electron chi connectivity index (χ3n) is 3.79. The van der Waals surface area contributed by atoms with Gasteiger partial charge in [0.1, 0.15) is 5.76 Å². The van der Waals surface area contributed by atoms with Gasteiger partial charge in [0.05, 0.1) is 12.2 Å². The number of nitrogens with one attached hydrogen (secondary N) is 1. The molecule has 2 heterocycles. The second-order valence-electron chi connectivity index (χ2n) is 5.29. The smallest absolute Gasteiger partial charge is 0.208 e. The van der Waals surface area contributed by atoms with Gasteiger partial charge in [-0.1, -0.05) is 6.92 Å². The SMILES string of the molecule is CCN(Cc1nc(C)c(C)o1)CC1CCCNC1. The summed E-state index contributed by atoms with van der Waals surface area (Å²) in [5, 5.41) is 3.48. The number of rotatable bonds is 5. The van der Waals surface area contributed by atoms with Crippen molar-refractivity contribution < 1.29 is 4.42 Å². The summed E-state index contributed by atoms with van der Waals surface area (Å²) in [6.45, 7) is 11.6. The number of hydrogen-bond donors (Lipinski definition) is 1. The Balaban J connectivity index is 1.88. The van der Waals surface area contributed by atoms with E-state index in [4.69, 9.17) is 4.42 Å². The van der Waals surface area contributed by atoms with E-state index in [-0.39, 0.29) is 0 Å². The maximum atomic E-state index is 5.67. The summed E-state index contributed by atoms with van der Waals surface area (Å²) in [5.74, 6) is 2.58. The molecule has 18 heavy (non-hydrogen) atoms. The summed E-state index contributed by atoms with van der Waals surface area (Å²) in [6, 6.07) is 0. The topological polar surface area (TPSA) is 41.3 Å². The van der Waals surface area contributed by atoms with Gasteiger partial charge in [-0.3, -0.25) is 4.90 Å². The van der Waals surface area contributed by atoms with E-state index in [0.29, 0.717) is 0 Å². The van der Waals surface area contributed by atoms with Crippen LogP contribution in [0.5, 0.6) is 0 Å². The fourth-order valence-corrected chi connectivity index (χ4v) is 2.55. The molecule has 1 saturated heterocycles. The first-order chi connectivity index (χ1) is 8.69. The normalized spacial score (nSPS) is 20.6. The zero-order valence-electron chi connectivity index (χ0n) is 11.8. The lowest BCUT2D eigenvalue weighted by Gasteiger charge is -2.28. The summed E-state index contributed by atoms with van der Waals surface area (Å²) >= 11 is 0. The molecule has 4 heteroatoms. The Hall–Kier alpha value is -0.870. The van der Waals surface area contributed by atoms with Crippen molar-refractivity contribution in [3.05, 3.63) is 17.3 Å². The van der Waals surface area contributed by atoms with Crippen molar-refractivity contribution in [1.82, 2.24) is 15.2 Å². The fraction of sp³-hybridized carbons (Fsp3) is 0.786. The van der Waals surface area contributed by atoms with Gasteiger partial charge in [0.15, 0.2) is 0 Å². The van der Waals surface area contributed by atoms with Crippen LogP contribution in [0.1, 0.15) is 37.1 Å². The molecule has 1 aromatic rings. The Kier molecular flexibility index (Phi) is 4.78. The first kappa shape index (κ1) is 13.6. The van der Waals surface area contributed by atoms with E-state index < -0.39 is 0 Å². The Morgan fingerprint density at radius 1 is 1.44 bits per heavy atom. The highest BCUT2D eigenvalue weighted by Gasteiger charge is 2.17. The molecule has 102 valence electrons. The van der Waals surface area contributed by atoms with Crippen LogP contribution in [0.4, 0.5) is 0 Å². The molecule has 0 spiro atoms. The molecule has 1 atom stereocenters. The highest BCUT2D eigenvalue weighted by Crippen LogP contribution is 2.15. The van der Waals surface area contributed by atoms with Gasteiger partial charge in [-0.25, -0.2) is 4.98 Å². The van der Waals surface area contributed by atoms with E-state index in [2.05, 4.69) is 22.1 Å². The molecule has 1 aliphatic rings. The van der Waals surface area contributed by atoms with Crippen molar-refractivity contribution in [3.63, 3.8) is 0 Å². The van der Waals surface area contributed by atoms with Crippen LogP contribution in [0.2, 0.25) is 0 Å². The van der Waals surface area contributed by atoms with E-state index in [1.54, 1.807) is 0 Å². The Bertz CT molecular complexity index is 350. The van der Waals surface area contributed by atoms with Crippen LogP contribution in [0.25, 0.3) is 0 Å². The lowest BCUT2D eigenvalue weighted by molar-refractivity contribution is 0.193. The molecule has 1 aliphatic heterocycles. The van der Waals surface area contributed by atoms with Crippen LogP contribution >= 0.6 is 0 Å². The minimum atomic E-state index is 0.774. The van der Waals surface area contributed by atoms with E-state index in [1.807, 2.05) is 13.8 Å². The fourth-order valence-electron chi connectivity index (χ4n) is 2.55. The van der Waals surface area contributed by atoms with Crippen LogP contribution in [-0.4, -0.2) is 36.1 Å². The van der Waals surface area contributed by atoms with E-state index >= 15 is 0 Å². The predicted molar refractivity (Wildman–Crippen MR) is 72.5 cm³/mol. The summed E-state index contributed by atoms with van der Waals surface area (Å²) in [4.78, 5) is 6.90. The van der Waals surface area contributed by atoms with Gasteiger partial charge in [-0.15, -0.1) is 0 Å². The molecule has 0 bridgehead atoms. The molecule has 1 unspecified atom stereocenters. The summed E-state index contributed by atoms with van der Waals surface area (Å²) in [7, 11) is 0. The highest BCUT2D eigenvalue weighted by molar-refractivity contribution is 5.05. The maximum absolute atomic E-state index is 5.67. The molecule has 0 saturated carbocycles. The molecule has 0 aromatic carbocycles. The molecular formula is C14H25N3O. The maximum Gasteiger partial charge on any atom is 0.208 e. The van der Waals surface area contributed by atoms with Crippen LogP contribution in [0.3, 0.4) is 0 Å². The van der Waals surface area contributed by atoms with Gasteiger partial charge in [-0.2, -0.15) is 0 Å². The van der Waals surface area contributed by atoms with E-state index in [1.165, 1.54) is 19.4 Å². The average molecular weight is 251 g/mol. The van der Waals surface area contributed by atoms with Crippen molar-refractivity contribution in [2.75, 3.05) is 26.2 Å². The number of piperidine rings is 1. The highest BCUT2D eigenvalue weighted by atomic mass is 16.4. The molecule has 0 radical (unpaired) electrons. The molecule has 1 fully saturated rings. The standard InChI is InChI=1S/C14H25N3O/c1-4-17(9-13-6-5-7-15-8-13)10-14-16-11(2)12(3)18-14/h13,15H,4-10H2,1-3H3. The van der Waals surface area contributed by atoms with Crippen molar-refractivity contribution >= 4 is 0 Å². The number of aryl methyl sites for hydroxylation is 2. The second-order valence-corrected chi connectivity index (χ2v) is 5.29. The van der Waals surface area contributed by atoms with Gasteiger partial charge in [0.2, 0.25) is 5.89 Å². The van der Waals surface area contributed by atoms with Crippen molar-refractivity contribution in [2.45, 2.75) is 40.2 Å². The van der Waals surface area contributed by atoms with Crippen molar-refractivity contribution in [2.24, 2.45) is 5.92 Å². The summed E-state index contributed by atoms with van der Waals surface area (Å²) in [5.41, 5.74) is 1.01. The largest absolute Gasteiger partial charge is 0.444 e. The predicted octanol–water partition coefficient (Wildman–Crippen LogP) is 2.11. The Morgan fingerprint density at radius 3 is 2.83 bits per heavy atom. The second kappa shape index (κ2) is 6.34. The Morgan fingerprint density at radius 2 is 2.28 bits per heavy atom. The van der Waals surface area contributed by atoms with Crippen molar-refractivity contribution in [1.29, 1.82) is 0 Å². The van der Waals surface area contributed by atoms with Gasteiger partial charge >= 0.3 is 0 Å². The van der Waals surface area contributed by atoms with Gasteiger partial charge in [0, 0.05) is 6.54 Å². The number of nitrogens with zero attached hydrogens (tertiary/aromatic N) is 2. The van der Waals surface area contributed by atoms with Crippen LogP contribution in [-0.2, 0) is 6.54 Å². The van der Waals surface area contributed by atoms with Crippen LogP contribution in [0.15, 0.2) is 4.42 Å². The third kappa shape index (κ3) is 3.56. The minimum absolute atomic E-state index is 0.774. The molecule has 2 rings (SSSR count). The monoisotopic (exact) mass is 251 g/mol. The molecule has 0 aliphatic carbocycles. The summed E-state index contributed by atoms with van der Waals surface area (Å²) in [6.07, 6.45) is 2.65. The zero-order valence-corrected chi connectivity index (χ0v) is 11.8. The average Bonchev–Trinajstić information content (AvgIpc) is 2.69. The van der Waals surface area contributed by atoms with Gasteiger partial charge < -0.3 is 9.73 Å². The minimum Gasteiger partial charge on any atom is -0.444 e. The first-order valence-electron chi connectivity index (χ1n) is 7.05. The number of hydrogen-bond acceptors (Lipinski definition) is 4. The first-order valence-corrected chi connectivity index (χ1v) is 7.05. The van der Waals surface area contributed by atoms with Crippen molar-refractivity contribution in [3.8, 4) is 0 Å². The molecular weight excluding hydrogens is 226 g/mol. The lowest BCUT2D eigenvalue weighted by atomic mass is 9.99. The van der Waals surface area contributed by atoms with E-state index in [9.17, 15) is 0 Å². The van der Waals surface area contributed by atoms with Gasteiger partial charge in [-0.05, 0) is 52.2 Å². The molecule has 1 N–H and O–H groups in total. The van der Waals surface area contributed by atoms with Gasteiger partial charge in [0.25, 0.3) is 0 Å². The molecule has 0 amide bonds. The molecule has 1 aromatic heterocycles. The van der Waals surface area contributed by atoms with Crippen LogP contribution < -0.4 is 5.32 Å². The molecule has 4 nitrogen and oxygen atoms in total. The number of aromatic nitrogens is 1. The van der Waals surface area contributed by atoms with Crippen LogP contribution in [0, 0.1) is 19.8 Å². The zero-order chi connectivity index (χ0) is 13.0.